The molecule has 1 aromatic heterocycles. The van der Waals surface area contributed by atoms with Crippen LogP contribution in [0.4, 0.5) is 5.82 Å². The minimum Gasteiger partial charge on any atom is -0.477 e. The van der Waals surface area contributed by atoms with E-state index in [1.807, 2.05) is 0 Å². The maximum Gasteiger partial charge on any atom is 0.341 e. The molecule has 0 amide bonds. The van der Waals surface area contributed by atoms with Crippen molar-refractivity contribution in [2.24, 2.45) is 0 Å². The molecule has 98 valence electrons. The molecule has 1 aliphatic rings. The average molecular weight is 252 g/mol. The van der Waals surface area contributed by atoms with Gasteiger partial charge < -0.3 is 19.5 Å². The van der Waals surface area contributed by atoms with E-state index in [0.29, 0.717) is 19.8 Å². The molecule has 2 heterocycles. The topological polar surface area (TPSA) is 71.9 Å². The van der Waals surface area contributed by atoms with Crippen LogP contribution in [-0.2, 0) is 4.74 Å². The third-order valence-electron chi connectivity index (χ3n) is 2.69. The number of rotatable bonds is 4. The van der Waals surface area contributed by atoms with Crippen LogP contribution in [0.1, 0.15) is 17.3 Å². The molecule has 1 fully saturated rings. The molecule has 0 aromatic carbocycles. The number of ether oxygens (including phenoxy) is 2. The first-order chi connectivity index (χ1) is 8.72. The molecule has 0 atom stereocenters. The lowest BCUT2D eigenvalue weighted by molar-refractivity contribution is 0.0691. The molecule has 6 heteroatoms. The Morgan fingerprint density at radius 1 is 1.50 bits per heavy atom. The van der Waals surface area contributed by atoms with Gasteiger partial charge in [-0.3, -0.25) is 0 Å². The summed E-state index contributed by atoms with van der Waals surface area (Å²) in [5, 5.41) is 9.04. The highest BCUT2D eigenvalue weighted by atomic mass is 16.5. The number of morpholine rings is 1. The van der Waals surface area contributed by atoms with E-state index in [9.17, 15) is 4.79 Å². The van der Waals surface area contributed by atoms with Crippen LogP contribution in [0.2, 0.25) is 0 Å². The molecule has 1 aliphatic heterocycles. The van der Waals surface area contributed by atoms with E-state index in [4.69, 9.17) is 14.6 Å². The Morgan fingerprint density at radius 2 is 2.22 bits per heavy atom. The van der Waals surface area contributed by atoms with Crippen molar-refractivity contribution in [3.63, 3.8) is 0 Å². The normalized spacial score (nSPS) is 15.5. The van der Waals surface area contributed by atoms with Gasteiger partial charge in [-0.15, -0.1) is 0 Å². The van der Waals surface area contributed by atoms with Gasteiger partial charge in [0.25, 0.3) is 0 Å². The highest BCUT2D eigenvalue weighted by molar-refractivity contribution is 5.90. The van der Waals surface area contributed by atoms with Gasteiger partial charge in [-0.2, -0.15) is 4.98 Å². The van der Waals surface area contributed by atoms with E-state index >= 15 is 0 Å². The summed E-state index contributed by atoms with van der Waals surface area (Å²) >= 11 is 0. The first-order valence-electron chi connectivity index (χ1n) is 5.92. The Labute approximate surface area is 105 Å². The largest absolute Gasteiger partial charge is 0.477 e. The van der Waals surface area contributed by atoms with Gasteiger partial charge in [0.2, 0.25) is 5.88 Å². The molecule has 1 saturated heterocycles. The van der Waals surface area contributed by atoms with Crippen LogP contribution in [0.25, 0.3) is 0 Å². The van der Waals surface area contributed by atoms with Crippen LogP contribution in [0.5, 0.6) is 5.88 Å². The number of carboxylic acids is 1. The molecular formula is C12H16N2O4. The smallest absolute Gasteiger partial charge is 0.341 e. The quantitative estimate of drug-likeness (QED) is 0.862. The monoisotopic (exact) mass is 252 g/mol. The zero-order chi connectivity index (χ0) is 13.0. The van der Waals surface area contributed by atoms with E-state index in [1.165, 1.54) is 6.07 Å². The number of aromatic nitrogens is 1. The Hall–Kier alpha value is -1.82. The molecule has 0 saturated carbocycles. The highest BCUT2D eigenvalue weighted by Crippen LogP contribution is 2.22. The summed E-state index contributed by atoms with van der Waals surface area (Å²) in [4.78, 5) is 17.4. The van der Waals surface area contributed by atoms with Gasteiger partial charge in [0, 0.05) is 13.1 Å². The van der Waals surface area contributed by atoms with Crippen LogP contribution < -0.4 is 9.64 Å². The lowest BCUT2D eigenvalue weighted by atomic mass is 10.2. The van der Waals surface area contributed by atoms with Crippen molar-refractivity contribution >= 4 is 11.8 Å². The number of pyridine rings is 1. The number of nitrogens with zero attached hydrogens (tertiary/aromatic N) is 2. The Kier molecular flexibility index (Phi) is 3.99. The van der Waals surface area contributed by atoms with E-state index < -0.39 is 5.97 Å². The maximum absolute atomic E-state index is 11.0. The molecule has 18 heavy (non-hydrogen) atoms. The number of aromatic carboxylic acids is 1. The summed E-state index contributed by atoms with van der Waals surface area (Å²) in [6.07, 6.45) is 0. The fourth-order valence-corrected chi connectivity index (χ4v) is 1.81. The number of carbonyl (C=O) groups is 1. The molecule has 1 aromatic rings. The number of carboxylic acid groups (broad SMARTS) is 1. The van der Waals surface area contributed by atoms with Crippen molar-refractivity contribution in [2.75, 3.05) is 37.8 Å². The summed E-state index contributed by atoms with van der Waals surface area (Å²) in [7, 11) is 0. The summed E-state index contributed by atoms with van der Waals surface area (Å²) in [5.41, 5.74) is 0.0915. The van der Waals surface area contributed by atoms with Crippen molar-refractivity contribution in [2.45, 2.75) is 6.92 Å². The fraction of sp³-hybridized carbons (Fsp3) is 0.500. The van der Waals surface area contributed by atoms with Crippen molar-refractivity contribution in [3.8, 4) is 5.88 Å². The fourth-order valence-electron chi connectivity index (χ4n) is 1.81. The molecule has 0 aliphatic carbocycles. The van der Waals surface area contributed by atoms with E-state index in [-0.39, 0.29) is 11.4 Å². The van der Waals surface area contributed by atoms with Gasteiger partial charge in [0.15, 0.2) is 0 Å². The lowest BCUT2D eigenvalue weighted by Crippen LogP contribution is -2.36. The second-order valence-electron chi connectivity index (χ2n) is 3.86. The molecule has 1 N–H and O–H groups in total. The van der Waals surface area contributed by atoms with Gasteiger partial charge in [-0.05, 0) is 19.1 Å². The average Bonchev–Trinajstić information content (AvgIpc) is 2.40. The summed E-state index contributed by atoms with van der Waals surface area (Å²) < 4.78 is 10.5. The van der Waals surface area contributed by atoms with Gasteiger partial charge in [-0.25, -0.2) is 4.79 Å². The van der Waals surface area contributed by atoms with Gasteiger partial charge in [0.05, 0.1) is 19.8 Å². The predicted octanol–water partition coefficient (Wildman–Crippen LogP) is 1.02. The number of anilines is 1. The van der Waals surface area contributed by atoms with Crippen molar-refractivity contribution in [1.29, 1.82) is 0 Å². The van der Waals surface area contributed by atoms with Crippen molar-refractivity contribution in [1.82, 2.24) is 4.98 Å². The zero-order valence-electron chi connectivity index (χ0n) is 10.3. The predicted molar refractivity (Wildman–Crippen MR) is 65.4 cm³/mol. The van der Waals surface area contributed by atoms with E-state index in [1.54, 1.807) is 13.0 Å². The lowest BCUT2D eigenvalue weighted by Gasteiger charge is -2.28. The van der Waals surface area contributed by atoms with Crippen LogP contribution in [0, 0.1) is 0 Å². The standard InChI is InChI=1S/C12H16N2O4/c1-2-18-11-9(12(15)16)3-4-10(13-11)14-5-7-17-8-6-14/h3-4H,2,5-8H2,1H3,(H,15,16). The number of hydrogen-bond donors (Lipinski definition) is 1. The van der Waals surface area contributed by atoms with Gasteiger partial charge >= 0.3 is 5.97 Å². The molecule has 0 spiro atoms. The van der Waals surface area contributed by atoms with E-state index in [0.717, 1.165) is 18.9 Å². The summed E-state index contributed by atoms with van der Waals surface area (Å²) in [6, 6.07) is 3.24. The van der Waals surface area contributed by atoms with Crippen molar-refractivity contribution in [3.05, 3.63) is 17.7 Å². The minimum atomic E-state index is -1.03. The summed E-state index contributed by atoms with van der Waals surface area (Å²) in [5.74, 6) is -0.125. The molecule has 0 unspecified atom stereocenters. The first-order valence-corrected chi connectivity index (χ1v) is 5.92. The Balaban J connectivity index is 2.26. The molecular weight excluding hydrogens is 236 g/mol. The molecule has 0 radical (unpaired) electrons. The zero-order valence-corrected chi connectivity index (χ0v) is 10.3. The van der Waals surface area contributed by atoms with E-state index in [2.05, 4.69) is 9.88 Å². The molecule has 6 nitrogen and oxygen atoms in total. The molecule has 0 bridgehead atoms. The second-order valence-corrected chi connectivity index (χ2v) is 3.86. The van der Waals surface area contributed by atoms with Gasteiger partial charge in [0.1, 0.15) is 11.4 Å². The van der Waals surface area contributed by atoms with Gasteiger partial charge in [-0.1, -0.05) is 0 Å². The number of hydrogen-bond acceptors (Lipinski definition) is 5. The Bertz CT molecular complexity index is 430. The van der Waals surface area contributed by atoms with Crippen LogP contribution >= 0.6 is 0 Å². The molecule has 2 rings (SSSR count). The minimum absolute atomic E-state index is 0.0915. The third kappa shape index (κ3) is 2.70. The summed E-state index contributed by atoms with van der Waals surface area (Å²) in [6.45, 7) is 5.02. The highest BCUT2D eigenvalue weighted by Gasteiger charge is 2.17. The van der Waals surface area contributed by atoms with Crippen LogP contribution in [0.15, 0.2) is 12.1 Å². The van der Waals surface area contributed by atoms with Crippen LogP contribution in [-0.4, -0.2) is 49.0 Å². The first kappa shape index (κ1) is 12.6. The second kappa shape index (κ2) is 5.68. The van der Waals surface area contributed by atoms with Crippen LogP contribution in [0.3, 0.4) is 0 Å². The third-order valence-corrected chi connectivity index (χ3v) is 2.69. The SMILES string of the molecule is CCOc1nc(N2CCOCC2)ccc1C(=O)O. The maximum atomic E-state index is 11.0. The Morgan fingerprint density at radius 3 is 2.83 bits per heavy atom. The van der Waals surface area contributed by atoms with Crippen molar-refractivity contribution < 1.29 is 19.4 Å².